The monoisotopic (exact) mass is 598 g/mol. The van der Waals surface area contributed by atoms with Gasteiger partial charge in [0.25, 0.3) is 0 Å². The Balaban J connectivity index is 1.57. The van der Waals surface area contributed by atoms with E-state index in [0.717, 1.165) is 22.9 Å². The van der Waals surface area contributed by atoms with Crippen molar-refractivity contribution in [1.82, 2.24) is 5.43 Å². The number of esters is 1. The Bertz CT molecular complexity index is 1020. The molecule has 2 aromatic rings. The lowest BCUT2D eigenvalue weighted by molar-refractivity contribution is -0.121. The average molecular weight is 600 g/mol. The molecule has 214 valence electrons. The van der Waals surface area contributed by atoms with E-state index < -0.39 is 5.97 Å². The summed E-state index contributed by atoms with van der Waals surface area (Å²) in [5, 5.41) is 4.09. The average Bonchev–Trinajstić information content (AvgIpc) is 2.92. The number of carbonyl (C=O) groups excluding carboxylic acids is 2. The molecule has 0 radical (unpaired) electrons. The molecule has 5 nitrogen and oxygen atoms in total. The van der Waals surface area contributed by atoms with E-state index in [2.05, 4.69) is 33.4 Å². The molecule has 0 spiro atoms. The van der Waals surface area contributed by atoms with Crippen molar-refractivity contribution >= 4 is 34.0 Å². The highest BCUT2D eigenvalue weighted by molar-refractivity contribution is 9.10. The van der Waals surface area contributed by atoms with Crippen LogP contribution in [-0.2, 0) is 4.79 Å². The fourth-order valence-corrected chi connectivity index (χ4v) is 4.91. The number of rotatable bonds is 20. The predicted molar refractivity (Wildman–Crippen MR) is 166 cm³/mol. The van der Waals surface area contributed by atoms with E-state index in [9.17, 15) is 9.59 Å². The quantitative estimate of drug-likeness (QED) is 0.0542. The number of hydrazone groups is 1. The summed E-state index contributed by atoms with van der Waals surface area (Å²) >= 11 is 3.44. The van der Waals surface area contributed by atoms with Gasteiger partial charge in [0.15, 0.2) is 0 Å². The van der Waals surface area contributed by atoms with E-state index >= 15 is 0 Å². The minimum atomic E-state index is -0.437. The third-order valence-electron chi connectivity index (χ3n) is 6.83. The van der Waals surface area contributed by atoms with Crippen molar-refractivity contribution in [1.29, 1.82) is 0 Å². The van der Waals surface area contributed by atoms with Crippen LogP contribution in [0.5, 0.6) is 5.75 Å². The van der Waals surface area contributed by atoms with Crippen molar-refractivity contribution < 1.29 is 14.3 Å². The van der Waals surface area contributed by atoms with Crippen LogP contribution in [0.15, 0.2) is 52.0 Å². The van der Waals surface area contributed by atoms with Gasteiger partial charge < -0.3 is 4.74 Å². The molecule has 0 bridgehead atoms. The van der Waals surface area contributed by atoms with E-state index in [4.69, 9.17) is 4.74 Å². The Hall–Kier alpha value is -2.47. The maximum atomic E-state index is 12.6. The Morgan fingerprint density at radius 1 is 0.821 bits per heavy atom. The second kappa shape index (κ2) is 20.4. The molecule has 0 fully saturated rings. The van der Waals surface area contributed by atoms with Gasteiger partial charge in [-0.25, -0.2) is 10.2 Å². The van der Waals surface area contributed by atoms with Gasteiger partial charge in [0.05, 0.1) is 11.8 Å². The fourth-order valence-electron chi connectivity index (χ4n) is 4.53. The zero-order valence-electron chi connectivity index (χ0n) is 24.0. The lowest BCUT2D eigenvalue weighted by atomic mass is 10.0. The van der Waals surface area contributed by atoms with Crippen molar-refractivity contribution in [2.45, 2.75) is 117 Å². The molecule has 0 aliphatic heterocycles. The molecular weight excluding hydrogens is 552 g/mol. The van der Waals surface area contributed by atoms with Crippen LogP contribution in [0.4, 0.5) is 0 Å². The van der Waals surface area contributed by atoms with Crippen molar-refractivity contribution in [3.05, 3.63) is 63.6 Å². The van der Waals surface area contributed by atoms with Crippen LogP contribution in [0.3, 0.4) is 0 Å². The first-order valence-electron chi connectivity index (χ1n) is 14.9. The van der Waals surface area contributed by atoms with Gasteiger partial charge in [0, 0.05) is 16.5 Å². The normalized spacial score (nSPS) is 11.2. The maximum absolute atomic E-state index is 12.6. The van der Waals surface area contributed by atoms with E-state index in [1.54, 1.807) is 30.3 Å². The number of carbonyl (C=O) groups is 2. The van der Waals surface area contributed by atoms with Crippen LogP contribution < -0.4 is 10.2 Å². The molecule has 1 amide bonds. The van der Waals surface area contributed by atoms with Gasteiger partial charge in [-0.1, -0.05) is 130 Å². The van der Waals surface area contributed by atoms with Gasteiger partial charge in [0.2, 0.25) is 5.91 Å². The molecule has 2 rings (SSSR count). The Morgan fingerprint density at radius 2 is 1.41 bits per heavy atom. The van der Waals surface area contributed by atoms with Crippen molar-refractivity contribution in [2.24, 2.45) is 5.10 Å². The summed E-state index contributed by atoms with van der Waals surface area (Å²) in [5.41, 5.74) is 4.66. The number of hydrogen-bond donors (Lipinski definition) is 1. The Morgan fingerprint density at radius 3 is 2.00 bits per heavy atom. The number of halogens is 1. The smallest absolute Gasteiger partial charge is 0.343 e. The lowest BCUT2D eigenvalue weighted by Crippen LogP contribution is -2.17. The summed E-state index contributed by atoms with van der Waals surface area (Å²) in [4.78, 5) is 24.8. The predicted octanol–water partition coefficient (Wildman–Crippen LogP) is 9.69. The summed E-state index contributed by atoms with van der Waals surface area (Å²) in [6.07, 6.45) is 21.5. The summed E-state index contributed by atoms with van der Waals surface area (Å²) in [5.74, 6) is -0.160. The van der Waals surface area contributed by atoms with E-state index in [1.807, 2.05) is 19.1 Å². The van der Waals surface area contributed by atoms with Crippen LogP contribution >= 0.6 is 15.9 Å². The molecule has 1 N–H and O–H groups in total. The molecule has 0 aliphatic rings. The van der Waals surface area contributed by atoms with Crippen LogP contribution in [0.1, 0.15) is 131 Å². The van der Waals surface area contributed by atoms with Crippen LogP contribution in [-0.4, -0.2) is 18.1 Å². The van der Waals surface area contributed by atoms with E-state index in [1.165, 1.54) is 89.7 Å². The molecule has 2 aromatic carbocycles. The lowest BCUT2D eigenvalue weighted by Gasteiger charge is -2.08. The summed E-state index contributed by atoms with van der Waals surface area (Å²) in [7, 11) is 0. The number of amides is 1. The number of benzene rings is 2. The van der Waals surface area contributed by atoms with Gasteiger partial charge in [-0.05, 0) is 43.7 Å². The van der Waals surface area contributed by atoms with Gasteiger partial charge in [-0.3, -0.25) is 4.79 Å². The van der Waals surface area contributed by atoms with Gasteiger partial charge in [-0.2, -0.15) is 5.10 Å². The van der Waals surface area contributed by atoms with Crippen molar-refractivity contribution in [2.75, 3.05) is 0 Å². The Kier molecular flexibility index (Phi) is 17.2. The third-order valence-corrected chi connectivity index (χ3v) is 7.32. The molecule has 6 heteroatoms. The minimum Gasteiger partial charge on any atom is -0.422 e. The molecule has 0 aliphatic carbocycles. The van der Waals surface area contributed by atoms with Crippen LogP contribution in [0.2, 0.25) is 0 Å². The van der Waals surface area contributed by atoms with Gasteiger partial charge in [-0.15, -0.1) is 0 Å². The SMILES string of the molecule is CCCCCCCCCCCCCCCCCC(=O)N/N=C\c1cc(Br)ccc1OC(=O)c1cccc(C)c1. The highest BCUT2D eigenvalue weighted by atomic mass is 79.9. The second-order valence-electron chi connectivity index (χ2n) is 10.4. The largest absolute Gasteiger partial charge is 0.422 e. The molecule has 0 aromatic heterocycles. The van der Waals surface area contributed by atoms with Crippen molar-refractivity contribution in [3.8, 4) is 5.75 Å². The topological polar surface area (TPSA) is 67.8 Å². The zero-order chi connectivity index (χ0) is 28.1. The first-order chi connectivity index (χ1) is 19.0. The number of ether oxygens (including phenoxy) is 1. The zero-order valence-corrected chi connectivity index (χ0v) is 25.6. The minimum absolute atomic E-state index is 0.103. The summed E-state index contributed by atoms with van der Waals surface area (Å²) < 4.78 is 6.42. The molecule has 0 atom stereocenters. The van der Waals surface area contributed by atoms with Crippen LogP contribution in [0.25, 0.3) is 0 Å². The van der Waals surface area contributed by atoms with E-state index in [-0.39, 0.29) is 5.91 Å². The first kappa shape index (κ1) is 32.7. The standard InChI is InChI=1S/C33H47BrN2O3/c1-3-4-5-6-7-8-9-10-11-12-13-14-15-16-17-21-32(37)36-35-26-29-25-30(34)22-23-31(29)39-33(38)28-20-18-19-27(2)24-28/h18-20,22-26H,3-17,21H2,1-2H3,(H,36,37)/b35-26-. The van der Waals surface area contributed by atoms with Gasteiger partial charge in [0.1, 0.15) is 5.75 Å². The summed E-state index contributed by atoms with van der Waals surface area (Å²) in [6, 6.07) is 12.6. The third kappa shape index (κ3) is 15.0. The molecule has 0 heterocycles. The number of unbranched alkanes of at least 4 members (excludes halogenated alkanes) is 14. The van der Waals surface area contributed by atoms with Crippen molar-refractivity contribution in [3.63, 3.8) is 0 Å². The van der Waals surface area contributed by atoms with E-state index in [0.29, 0.717) is 23.3 Å². The summed E-state index contributed by atoms with van der Waals surface area (Å²) in [6.45, 7) is 4.20. The maximum Gasteiger partial charge on any atom is 0.343 e. The second-order valence-corrected chi connectivity index (χ2v) is 11.3. The fraction of sp³-hybridized carbons (Fsp3) is 0.545. The molecule has 0 saturated carbocycles. The molecule has 0 saturated heterocycles. The van der Waals surface area contributed by atoms with Crippen LogP contribution in [0, 0.1) is 6.92 Å². The first-order valence-corrected chi connectivity index (χ1v) is 15.7. The number of nitrogens with zero attached hydrogens (tertiary/aromatic N) is 1. The highest BCUT2D eigenvalue weighted by Crippen LogP contribution is 2.23. The molecule has 39 heavy (non-hydrogen) atoms. The molecular formula is C33H47BrN2O3. The number of hydrogen-bond acceptors (Lipinski definition) is 4. The Labute approximate surface area is 244 Å². The molecule has 0 unspecified atom stereocenters. The number of nitrogens with one attached hydrogen (secondary N) is 1. The number of aryl methyl sites for hydroxylation is 1. The highest BCUT2D eigenvalue weighted by Gasteiger charge is 2.12. The van der Waals surface area contributed by atoms with Gasteiger partial charge >= 0.3 is 5.97 Å².